The van der Waals surface area contributed by atoms with E-state index in [0.29, 0.717) is 6.42 Å². The van der Waals surface area contributed by atoms with Crippen molar-refractivity contribution in [1.82, 2.24) is 0 Å². The van der Waals surface area contributed by atoms with Crippen molar-refractivity contribution in [3.63, 3.8) is 0 Å². The third-order valence-electron chi connectivity index (χ3n) is 3.43. The third kappa shape index (κ3) is 2.29. The quantitative estimate of drug-likeness (QED) is 0.765. The summed E-state index contributed by atoms with van der Waals surface area (Å²) in [5.41, 5.74) is 3.64. The highest BCUT2D eigenvalue weighted by Crippen LogP contribution is 2.26. The average Bonchev–Trinajstić information content (AvgIpc) is 2.98. The molecule has 3 rings (SSSR count). The van der Waals surface area contributed by atoms with Crippen LogP contribution in [-0.2, 0) is 19.3 Å². The lowest BCUT2D eigenvalue weighted by Gasteiger charge is -2.04. The van der Waals surface area contributed by atoms with Gasteiger partial charge in [-0.25, -0.2) is 0 Å². The van der Waals surface area contributed by atoms with E-state index in [9.17, 15) is 4.79 Å². The van der Waals surface area contributed by atoms with Gasteiger partial charge in [0, 0.05) is 21.3 Å². The van der Waals surface area contributed by atoms with Crippen molar-refractivity contribution in [1.29, 1.82) is 0 Å². The number of hydrogen-bond acceptors (Lipinski definition) is 2. The van der Waals surface area contributed by atoms with Crippen molar-refractivity contribution in [3.05, 3.63) is 55.7 Å². The summed E-state index contributed by atoms with van der Waals surface area (Å²) in [5, 5.41) is 2.01. The van der Waals surface area contributed by atoms with Crippen LogP contribution in [0.4, 0.5) is 0 Å². The van der Waals surface area contributed by atoms with E-state index in [-0.39, 0.29) is 5.78 Å². The van der Waals surface area contributed by atoms with E-state index in [0.717, 1.165) is 21.3 Å². The maximum absolute atomic E-state index is 12.2. The number of halogens is 1. The van der Waals surface area contributed by atoms with Crippen molar-refractivity contribution >= 4 is 33.0 Å². The molecule has 0 saturated carbocycles. The van der Waals surface area contributed by atoms with Gasteiger partial charge in [0.05, 0.1) is 0 Å². The maximum Gasteiger partial charge on any atom is 0.168 e. The van der Waals surface area contributed by atoms with Gasteiger partial charge < -0.3 is 0 Å². The van der Waals surface area contributed by atoms with Crippen LogP contribution in [0.25, 0.3) is 0 Å². The molecule has 0 unspecified atom stereocenters. The number of aryl methyl sites for hydroxylation is 2. The Morgan fingerprint density at radius 3 is 2.83 bits per heavy atom. The molecule has 18 heavy (non-hydrogen) atoms. The summed E-state index contributed by atoms with van der Waals surface area (Å²) in [6, 6.07) is 8.19. The fourth-order valence-electron chi connectivity index (χ4n) is 2.44. The lowest BCUT2D eigenvalue weighted by atomic mass is 10.0. The number of Topliss-reactive ketones (excluding diaryl/α,β-unsaturated/α-hetero) is 1. The van der Waals surface area contributed by atoms with Gasteiger partial charge >= 0.3 is 0 Å². The Hall–Kier alpha value is -0.930. The van der Waals surface area contributed by atoms with Crippen LogP contribution in [0.3, 0.4) is 0 Å². The molecule has 0 N–H and O–H groups in total. The van der Waals surface area contributed by atoms with Crippen LogP contribution in [0.1, 0.15) is 32.8 Å². The second kappa shape index (κ2) is 4.98. The summed E-state index contributed by atoms with van der Waals surface area (Å²) >= 11 is 5.11. The molecular weight excluding hydrogens is 308 g/mol. The molecule has 2 aromatic rings. The Bertz CT molecular complexity index is 600. The van der Waals surface area contributed by atoms with Crippen LogP contribution in [0, 0.1) is 0 Å². The number of benzene rings is 1. The molecule has 1 heterocycles. The number of thiophene rings is 1. The molecule has 0 spiro atoms. The van der Waals surface area contributed by atoms with Gasteiger partial charge in [0.25, 0.3) is 0 Å². The van der Waals surface area contributed by atoms with E-state index >= 15 is 0 Å². The zero-order valence-corrected chi connectivity index (χ0v) is 12.3. The van der Waals surface area contributed by atoms with E-state index < -0.39 is 0 Å². The van der Waals surface area contributed by atoms with Gasteiger partial charge in [-0.2, -0.15) is 0 Å². The lowest BCUT2D eigenvalue weighted by molar-refractivity contribution is 0.0993. The normalized spacial score (nSPS) is 13.6. The van der Waals surface area contributed by atoms with E-state index in [2.05, 4.69) is 28.1 Å². The van der Waals surface area contributed by atoms with Gasteiger partial charge in [-0.05, 0) is 63.8 Å². The molecule has 0 radical (unpaired) electrons. The second-order valence-corrected chi connectivity index (χ2v) is 6.48. The van der Waals surface area contributed by atoms with Crippen LogP contribution in [-0.4, -0.2) is 5.78 Å². The molecule has 0 amide bonds. The molecule has 0 fully saturated rings. The molecule has 0 atom stereocenters. The number of hydrogen-bond donors (Lipinski definition) is 0. The van der Waals surface area contributed by atoms with Gasteiger partial charge in [-0.1, -0.05) is 12.1 Å². The highest BCUT2D eigenvalue weighted by molar-refractivity contribution is 9.10. The van der Waals surface area contributed by atoms with Crippen molar-refractivity contribution in [2.75, 3.05) is 0 Å². The molecule has 0 aliphatic heterocycles. The van der Waals surface area contributed by atoms with Crippen molar-refractivity contribution in [2.45, 2.75) is 25.7 Å². The fourth-order valence-corrected chi connectivity index (χ4v) is 3.94. The Labute approximate surface area is 119 Å². The Kier molecular flexibility index (Phi) is 3.35. The van der Waals surface area contributed by atoms with Gasteiger partial charge in [0.15, 0.2) is 5.78 Å². The summed E-state index contributed by atoms with van der Waals surface area (Å²) in [5.74, 6) is 0.216. The maximum atomic E-state index is 12.2. The molecule has 1 aromatic heterocycles. The summed E-state index contributed by atoms with van der Waals surface area (Å²) in [6.45, 7) is 0. The molecule has 0 saturated heterocycles. The standard InChI is InChI=1S/C15H13BrOS/c16-13-6-7-18-15(13)9-14(17)12-5-4-10-2-1-3-11(10)8-12/h4-8H,1-3,9H2. The molecular formula is C15H13BrOS. The monoisotopic (exact) mass is 320 g/mol. The zero-order valence-electron chi connectivity index (χ0n) is 9.91. The van der Waals surface area contributed by atoms with E-state index in [1.54, 1.807) is 11.3 Å². The van der Waals surface area contributed by atoms with Crippen molar-refractivity contribution in [2.24, 2.45) is 0 Å². The molecule has 0 bridgehead atoms. The number of carbonyl (C=O) groups excluding carboxylic acids is 1. The first-order chi connectivity index (χ1) is 8.74. The number of carbonyl (C=O) groups is 1. The molecule has 1 nitrogen and oxygen atoms in total. The molecule has 1 aromatic carbocycles. The minimum Gasteiger partial charge on any atom is -0.294 e. The molecule has 92 valence electrons. The highest BCUT2D eigenvalue weighted by Gasteiger charge is 2.15. The van der Waals surface area contributed by atoms with E-state index in [1.807, 2.05) is 17.5 Å². The van der Waals surface area contributed by atoms with Crippen molar-refractivity contribution < 1.29 is 4.79 Å². The van der Waals surface area contributed by atoms with Gasteiger partial charge in [-0.15, -0.1) is 11.3 Å². The summed E-state index contributed by atoms with van der Waals surface area (Å²) in [7, 11) is 0. The minimum atomic E-state index is 0.216. The molecule has 1 aliphatic rings. The summed E-state index contributed by atoms with van der Waals surface area (Å²) in [6.07, 6.45) is 4.01. The van der Waals surface area contributed by atoms with Crippen LogP contribution >= 0.6 is 27.3 Å². The number of ketones is 1. The second-order valence-electron chi connectivity index (χ2n) is 4.63. The predicted octanol–water partition coefficient (Wildman–Crippen LogP) is 4.42. The topological polar surface area (TPSA) is 17.1 Å². The van der Waals surface area contributed by atoms with Gasteiger partial charge in [0.1, 0.15) is 0 Å². The zero-order chi connectivity index (χ0) is 12.5. The van der Waals surface area contributed by atoms with Crippen LogP contribution in [0.15, 0.2) is 34.1 Å². The SMILES string of the molecule is O=C(Cc1sccc1Br)c1ccc2c(c1)CCC2. The lowest BCUT2D eigenvalue weighted by Crippen LogP contribution is -2.03. The average molecular weight is 321 g/mol. The van der Waals surface area contributed by atoms with E-state index in [1.165, 1.54) is 24.0 Å². The highest BCUT2D eigenvalue weighted by atomic mass is 79.9. The van der Waals surface area contributed by atoms with Crippen LogP contribution < -0.4 is 0 Å². The first-order valence-corrected chi connectivity index (χ1v) is 7.78. The first-order valence-electron chi connectivity index (χ1n) is 6.11. The minimum absolute atomic E-state index is 0.216. The Morgan fingerprint density at radius 1 is 1.22 bits per heavy atom. The number of rotatable bonds is 3. The first kappa shape index (κ1) is 12.1. The van der Waals surface area contributed by atoms with E-state index in [4.69, 9.17) is 0 Å². The number of fused-ring (bicyclic) bond motifs is 1. The smallest absolute Gasteiger partial charge is 0.168 e. The molecule has 3 heteroatoms. The van der Waals surface area contributed by atoms with Crippen LogP contribution in [0.5, 0.6) is 0 Å². The van der Waals surface area contributed by atoms with Crippen LogP contribution in [0.2, 0.25) is 0 Å². The Morgan fingerprint density at radius 2 is 2.06 bits per heavy atom. The fraction of sp³-hybridized carbons (Fsp3) is 0.267. The Balaban J connectivity index is 1.83. The van der Waals surface area contributed by atoms with Gasteiger partial charge in [-0.3, -0.25) is 4.79 Å². The van der Waals surface area contributed by atoms with Gasteiger partial charge in [0.2, 0.25) is 0 Å². The van der Waals surface area contributed by atoms with Crippen molar-refractivity contribution in [3.8, 4) is 0 Å². The summed E-state index contributed by atoms with van der Waals surface area (Å²) in [4.78, 5) is 13.4. The predicted molar refractivity (Wildman–Crippen MR) is 78.5 cm³/mol. The largest absolute Gasteiger partial charge is 0.294 e. The third-order valence-corrected chi connectivity index (χ3v) is 5.36. The summed E-state index contributed by atoms with van der Waals surface area (Å²) < 4.78 is 1.04. The molecule has 1 aliphatic carbocycles.